The van der Waals surface area contributed by atoms with Gasteiger partial charge in [0.05, 0.1) is 19.6 Å². The molecule has 2 aromatic rings. The second kappa shape index (κ2) is 8.64. The molecule has 2 unspecified atom stereocenters. The average molecular weight is 414 g/mol. The van der Waals surface area contributed by atoms with Crippen molar-refractivity contribution >= 4 is 17.5 Å². The van der Waals surface area contributed by atoms with E-state index in [1.165, 1.54) is 19.2 Å². The molecule has 2 saturated heterocycles. The summed E-state index contributed by atoms with van der Waals surface area (Å²) in [6.45, 7) is 1.37. The van der Waals surface area contributed by atoms with Gasteiger partial charge in [-0.15, -0.1) is 0 Å². The van der Waals surface area contributed by atoms with Crippen LogP contribution < -0.4 is 14.4 Å². The van der Waals surface area contributed by atoms with Crippen molar-refractivity contribution in [3.8, 4) is 11.9 Å². The number of hydrogen-bond acceptors (Lipinski definition) is 6. The molecule has 2 aliphatic rings. The number of benzene rings is 1. The molecule has 2 aliphatic heterocycles. The van der Waals surface area contributed by atoms with Gasteiger partial charge in [-0.3, -0.25) is 9.59 Å². The molecule has 3 heterocycles. The van der Waals surface area contributed by atoms with E-state index in [9.17, 15) is 14.0 Å². The van der Waals surface area contributed by atoms with Gasteiger partial charge in [0, 0.05) is 37.5 Å². The number of carbonyl (C=O) groups excluding carboxylic acids is 2. The van der Waals surface area contributed by atoms with E-state index in [0.29, 0.717) is 31.2 Å². The number of amides is 2. The SMILES string of the molecule is COc1nccc(OC2CCCN(C(=O)C3CC(=O)N(c4ccc(F)cc4)C3)C2)n1. The van der Waals surface area contributed by atoms with Gasteiger partial charge in [-0.25, -0.2) is 9.37 Å². The van der Waals surface area contributed by atoms with Crippen LogP contribution in [0.2, 0.25) is 0 Å². The summed E-state index contributed by atoms with van der Waals surface area (Å²) in [5, 5.41) is 0. The summed E-state index contributed by atoms with van der Waals surface area (Å²) in [4.78, 5) is 36.9. The lowest BCUT2D eigenvalue weighted by Gasteiger charge is -2.34. The highest BCUT2D eigenvalue weighted by Crippen LogP contribution is 2.28. The van der Waals surface area contributed by atoms with Crippen molar-refractivity contribution in [2.24, 2.45) is 5.92 Å². The summed E-state index contributed by atoms with van der Waals surface area (Å²) < 4.78 is 24.1. The molecule has 9 heteroatoms. The van der Waals surface area contributed by atoms with Gasteiger partial charge in [-0.1, -0.05) is 0 Å². The first-order valence-corrected chi connectivity index (χ1v) is 9.92. The summed E-state index contributed by atoms with van der Waals surface area (Å²) in [7, 11) is 1.48. The first kappa shape index (κ1) is 20.1. The molecule has 0 saturated carbocycles. The topological polar surface area (TPSA) is 84.9 Å². The maximum absolute atomic E-state index is 13.2. The van der Waals surface area contributed by atoms with Crippen LogP contribution in [0.15, 0.2) is 36.5 Å². The number of carbonyl (C=O) groups is 2. The number of aromatic nitrogens is 2. The number of ether oxygens (including phenoxy) is 2. The van der Waals surface area contributed by atoms with Crippen LogP contribution >= 0.6 is 0 Å². The third-order valence-corrected chi connectivity index (χ3v) is 5.38. The maximum atomic E-state index is 13.2. The molecule has 0 spiro atoms. The quantitative estimate of drug-likeness (QED) is 0.745. The lowest BCUT2D eigenvalue weighted by Crippen LogP contribution is -2.47. The second-order valence-electron chi connectivity index (χ2n) is 7.43. The van der Waals surface area contributed by atoms with Gasteiger partial charge < -0.3 is 19.3 Å². The smallest absolute Gasteiger partial charge is 0.319 e. The average Bonchev–Trinajstić information content (AvgIpc) is 3.15. The molecule has 0 aliphatic carbocycles. The summed E-state index contributed by atoms with van der Waals surface area (Å²) >= 11 is 0. The number of nitrogens with zero attached hydrogens (tertiary/aromatic N) is 4. The number of methoxy groups -OCH3 is 1. The Hall–Kier alpha value is -3.23. The van der Waals surface area contributed by atoms with Gasteiger partial charge in [0.15, 0.2) is 0 Å². The Morgan fingerprint density at radius 3 is 2.77 bits per heavy atom. The number of hydrogen-bond donors (Lipinski definition) is 0. The van der Waals surface area contributed by atoms with Crippen LogP contribution in [0.4, 0.5) is 10.1 Å². The van der Waals surface area contributed by atoms with Gasteiger partial charge in [0.1, 0.15) is 11.9 Å². The van der Waals surface area contributed by atoms with E-state index in [-0.39, 0.29) is 36.2 Å². The zero-order valence-electron chi connectivity index (χ0n) is 16.7. The molecule has 0 N–H and O–H groups in total. The Balaban J connectivity index is 1.38. The van der Waals surface area contributed by atoms with E-state index in [4.69, 9.17) is 9.47 Å². The Bertz CT molecular complexity index is 923. The Labute approximate surface area is 173 Å². The highest BCUT2D eigenvalue weighted by molar-refractivity contribution is 6.00. The van der Waals surface area contributed by atoms with Gasteiger partial charge in [0.2, 0.25) is 17.7 Å². The van der Waals surface area contributed by atoms with Crippen LogP contribution in [0.5, 0.6) is 11.9 Å². The zero-order valence-corrected chi connectivity index (χ0v) is 16.7. The minimum atomic E-state index is -0.416. The number of piperidine rings is 1. The van der Waals surface area contributed by atoms with Gasteiger partial charge in [-0.05, 0) is 37.1 Å². The molecule has 30 heavy (non-hydrogen) atoms. The third-order valence-electron chi connectivity index (χ3n) is 5.38. The Morgan fingerprint density at radius 2 is 2.00 bits per heavy atom. The van der Waals surface area contributed by atoms with E-state index < -0.39 is 5.92 Å². The molecule has 1 aromatic heterocycles. The number of anilines is 1. The summed E-state index contributed by atoms with van der Waals surface area (Å²) in [6.07, 6.45) is 3.14. The van der Waals surface area contributed by atoms with Gasteiger partial charge in [-0.2, -0.15) is 4.98 Å². The third kappa shape index (κ3) is 4.34. The van der Waals surface area contributed by atoms with E-state index in [2.05, 4.69) is 9.97 Å². The fraction of sp³-hybridized carbons (Fsp3) is 0.429. The first-order valence-electron chi connectivity index (χ1n) is 9.92. The van der Waals surface area contributed by atoms with Crippen molar-refractivity contribution in [2.75, 3.05) is 31.6 Å². The molecule has 2 atom stereocenters. The minimum Gasteiger partial charge on any atom is -0.472 e. The molecule has 4 rings (SSSR count). The zero-order chi connectivity index (χ0) is 21.1. The van der Waals surface area contributed by atoms with E-state index in [0.717, 1.165) is 12.8 Å². The van der Waals surface area contributed by atoms with Crippen LogP contribution in [0.25, 0.3) is 0 Å². The lowest BCUT2D eigenvalue weighted by atomic mass is 10.0. The van der Waals surface area contributed by atoms with Crippen molar-refractivity contribution < 1.29 is 23.5 Å². The first-order chi connectivity index (χ1) is 14.5. The number of rotatable bonds is 5. The van der Waals surface area contributed by atoms with Crippen molar-refractivity contribution in [3.05, 3.63) is 42.3 Å². The highest BCUT2D eigenvalue weighted by Gasteiger charge is 2.38. The normalized spacial score (nSPS) is 21.6. The molecule has 8 nitrogen and oxygen atoms in total. The Kier molecular flexibility index (Phi) is 5.78. The number of halogens is 1. The lowest BCUT2D eigenvalue weighted by molar-refractivity contribution is -0.138. The number of likely N-dealkylation sites (tertiary alicyclic amines) is 1. The Morgan fingerprint density at radius 1 is 1.20 bits per heavy atom. The summed E-state index contributed by atoms with van der Waals surface area (Å²) in [5.74, 6) is -0.557. The largest absolute Gasteiger partial charge is 0.472 e. The second-order valence-corrected chi connectivity index (χ2v) is 7.43. The van der Waals surface area contributed by atoms with E-state index >= 15 is 0 Å². The molecular weight excluding hydrogens is 391 g/mol. The minimum absolute atomic E-state index is 0.0541. The predicted octanol–water partition coefficient (Wildman–Crippen LogP) is 2.05. The van der Waals surface area contributed by atoms with Crippen LogP contribution in [0.3, 0.4) is 0 Å². The van der Waals surface area contributed by atoms with Crippen molar-refractivity contribution in [1.82, 2.24) is 14.9 Å². The van der Waals surface area contributed by atoms with Gasteiger partial charge >= 0.3 is 6.01 Å². The molecule has 2 amide bonds. The molecule has 0 radical (unpaired) electrons. The van der Waals surface area contributed by atoms with Crippen LogP contribution in [-0.4, -0.2) is 59.5 Å². The highest BCUT2D eigenvalue weighted by atomic mass is 19.1. The fourth-order valence-corrected chi connectivity index (χ4v) is 3.90. The fourth-order valence-electron chi connectivity index (χ4n) is 3.90. The monoisotopic (exact) mass is 414 g/mol. The van der Waals surface area contributed by atoms with Crippen molar-refractivity contribution in [1.29, 1.82) is 0 Å². The van der Waals surface area contributed by atoms with Crippen LogP contribution in [0, 0.1) is 11.7 Å². The standard InChI is InChI=1S/C21H23FN4O4/c1-29-21-23-9-8-18(24-21)30-17-3-2-10-25(13-17)20(28)14-11-19(27)26(12-14)16-6-4-15(22)5-7-16/h4-9,14,17H,2-3,10-13H2,1H3. The molecule has 158 valence electrons. The molecular formula is C21H23FN4O4. The summed E-state index contributed by atoms with van der Waals surface area (Å²) in [5.41, 5.74) is 0.606. The predicted molar refractivity (Wildman–Crippen MR) is 106 cm³/mol. The molecule has 0 bridgehead atoms. The van der Waals surface area contributed by atoms with Crippen LogP contribution in [0.1, 0.15) is 19.3 Å². The van der Waals surface area contributed by atoms with E-state index in [1.807, 2.05) is 0 Å². The van der Waals surface area contributed by atoms with Crippen LogP contribution in [-0.2, 0) is 9.59 Å². The van der Waals surface area contributed by atoms with Gasteiger partial charge in [0.25, 0.3) is 0 Å². The summed E-state index contributed by atoms with van der Waals surface area (Å²) in [6, 6.07) is 7.61. The molecule has 2 fully saturated rings. The van der Waals surface area contributed by atoms with Crippen molar-refractivity contribution in [3.63, 3.8) is 0 Å². The maximum Gasteiger partial charge on any atom is 0.319 e. The van der Waals surface area contributed by atoms with Crippen molar-refractivity contribution in [2.45, 2.75) is 25.4 Å². The van der Waals surface area contributed by atoms with E-state index in [1.54, 1.807) is 34.2 Å². The molecule has 1 aromatic carbocycles.